The minimum absolute atomic E-state index is 0.0179. The molecule has 2 aromatic rings. The molecule has 180 valence electrons. The Morgan fingerprint density at radius 1 is 1.00 bits per heavy atom. The average molecular weight is 461 g/mol. The van der Waals surface area contributed by atoms with E-state index in [2.05, 4.69) is 71.4 Å². The van der Waals surface area contributed by atoms with E-state index in [-0.39, 0.29) is 18.1 Å². The molecular formula is C28H36N4O2. The molecule has 0 spiro atoms. The highest BCUT2D eigenvalue weighted by atomic mass is 16.5. The standard InChI is InChI=1S/C28H36N4O2/c1-31-12-14-32(15-13-31)21-23-4-8-26(9-5-23)25-6-2-22(3-7-25)18-24(20-29)19-27(33)28(30)10-16-34-17-11-28/h2-9,24H,10-19,21,30H2,1H3/t24-/m1/s1. The Morgan fingerprint density at radius 2 is 1.56 bits per heavy atom. The van der Waals surface area contributed by atoms with E-state index in [1.165, 1.54) is 11.1 Å². The monoisotopic (exact) mass is 460 g/mol. The van der Waals surface area contributed by atoms with Crippen molar-refractivity contribution in [1.29, 1.82) is 5.26 Å². The normalized spacial score (nSPS) is 19.9. The summed E-state index contributed by atoms with van der Waals surface area (Å²) in [6.07, 6.45) is 1.82. The van der Waals surface area contributed by atoms with Gasteiger partial charge in [-0.05, 0) is 48.6 Å². The molecular weight excluding hydrogens is 424 g/mol. The van der Waals surface area contributed by atoms with Crippen molar-refractivity contribution in [2.45, 2.75) is 37.8 Å². The lowest BCUT2D eigenvalue weighted by Gasteiger charge is -2.32. The van der Waals surface area contributed by atoms with E-state index >= 15 is 0 Å². The van der Waals surface area contributed by atoms with Gasteiger partial charge < -0.3 is 15.4 Å². The van der Waals surface area contributed by atoms with Crippen LogP contribution in [0.3, 0.4) is 0 Å². The number of benzene rings is 2. The van der Waals surface area contributed by atoms with Gasteiger partial charge in [0.2, 0.25) is 0 Å². The van der Waals surface area contributed by atoms with Crippen LogP contribution >= 0.6 is 0 Å². The predicted molar refractivity (Wildman–Crippen MR) is 134 cm³/mol. The number of ketones is 1. The number of Topliss-reactive ketones (excluding diaryl/α,β-unsaturated/α-hetero) is 1. The largest absolute Gasteiger partial charge is 0.381 e. The van der Waals surface area contributed by atoms with Gasteiger partial charge in [0.15, 0.2) is 5.78 Å². The Labute approximate surface area is 203 Å². The Morgan fingerprint density at radius 3 is 2.12 bits per heavy atom. The van der Waals surface area contributed by atoms with Crippen molar-refractivity contribution in [3.8, 4) is 17.2 Å². The van der Waals surface area contributed by atoms with Crippen molar-refractivity contribution >= 4 is 5.78 Å². The highest BCUT2D eigenvalue weighted by Gasteiger charge is 2.36. The first-order chi connectivity index (χ1) is 16.4. The first-order valence-electron chi connectivity index (χ1n) is 12.3. The van der Waals surface area contributed by atoms with Crippen LogP contribution in [0, 0.1) is 17.2 Å². The van der Waals surface area contributed by atoms with Gasteiger partial charge in [-0.15, -0.1) is 0 Å². The molecule has 0 aliphatic carbocycles. The average Bonchev–Trinajstić information content (AvgIpc) is 2.86. The first-order valence-corrected chi connectivity index (χ1v) is 12.3. The minimum Gasteiger partial charge on any atom is -0.381 e. The first kappa shape index (κ1) is 24.6. The number of piperazine rings is 1. The van der Waals surface area contributed by atoms with Crippen LogP contribution in [0.2, 0.25) is 0 Å². The minimum atomic E-state index is -0.840. The molecule has 2 saturated heterocycles. The topological polar surface area (TPSA) is 82.6 Å². The van der Waals surface area contributed by atoms with Crippen molar-refractivity contribution < 1.29 is 9.53 Å². The van der Waals surface area contributed by atoms with Gasteiger partial charge in [0, 0.05) is 52.4 Å². The maximum Gasteiger partial charge on any atom is 0.154 e. The van der Waals surface area contributed by atoms with E-state index in [0.29, 0.717) is 32.5 Å². The molecule has 2 fully saturated rings. The molecule has 2 N–H and O–H groups in total. The van der Waals surface area contributed by atoms with Crippen LogP contribution in [0.5, 0.6) is 0 Å². The Kier molecular flexibility index (Phi) is 8.12. The summed E-state index contributed by atoms with van der Waals surface area (Å²) in [7, 11) is 2.18. The van der Waals surface area contributed by atoms with E-state index in [1.807, 2.05) is 0 Å². The third-order valence-electron chi connectivity index (χ3n) is 7.28. The van der Waals surface area contributed by atoms with Gasteiger partial charge in [-0.2, -0.15) is 5.26 Å². The van der Waals surface area contributed by atoms with Gasteiger partial charge in [-0.3, -0.25) is 9.69 Å². The quantitative estimate of drug-likeness (QED) is 0.651. The van der Waals surface area contributed by atoms with Crippen LogP contribution in [0.25, 0.3) is 11.1 Å². The SMILES string of the molecule is CN1CCN(Cc2ccc(-c3ccc(C[C@@H](C#N)CC(=O)C4(N)CCOCC4)cc3)cc2)CC1. The summed E-state index contributed by atoms with van der Waals surface area (Å²) in [4.78, 5) is 17.6. The molecule has 2 aliphatic heterocycles. The zero-order chi connectivity index (χ0) is 24.0. The van der Waals surface area contributed by atoms with E-state index < -0.39 is 5.54 Å². The van der Waals surface area contributed by atoms with Crippen LogP contribution in [0.4, 0.5) is 0 Å². The lowest BCUT2D eigenvalue weighted by atomic mass is 9.81. The fourth-order valence-electron chi connectivity index (χ4n) is 4.79. The molecule has 0 unspecified atom stereocenters. The highest BCUT2D eigenvalue weighted by Crippen LogP contribution is 2.25. The lowest BCUT2D eigenvalue weighted by molar-refractivity contribution is -0.128. The van der Waals surface area contributed by atoms with E-state index in [4.69, 9.17) is 10.5 Å². The van der Waals surface area contributed by atoms with Gasteiger partial charge in [-0.25, -0.2) is 0 Å². The predicted octanol–water partition coefficient (Wildman–Crippen LogP) is 3.25. The number of nitrogens with zero attached hydrogens (tertiary/aromatic N) is 3. The number of carbonyl (C=O) groups excluding carboxylic acids is 1. The van der Waals surface area contributed by atoms with Crippen molar-refractivity contribution in [2.24, 2.45) is 11.7 Å². The molecule has 2 aromatic carbocycles. The van der Waals surface area contributed by atoms with Gasteiger partial charge in [-0.1, -0.05) is 48.5 Å². The Bertz CT molecular complexity index is 983. The summed E-state index contributed by atoms with van der Waals surface area (Å²) >= 11 is 0. The summed E-state index contributed by atoms with van der Waals surface area (Å²) in [5, 5.41) is 9.63. The number of rotatable bonds is 8. The molecule has 0 saturated carbocycles. The lowest BCUT2D eigenvalue weighted by Crippen LogP contribution is -2.52. The number of carbonyl (C=O) groups is 1. The summed E-state index contributed by atoms with van der Waals surface area (Å²) < 4.78 is 5.33. The molecule has 0 amide bonds. The van der Waals surface area contributed by atoms with E-state index in [9.17, 15) is 10.1 Å². The van der Waals surface area contributed by atoms with E-state index in [0.717, 1.165) is 43.9 Å². The number of nitrogens with two attached hydrogens (primary N) is 1. The molecule has 6 heteroatoms. The molecule has 0 bridgehead atoms. The summed E-state index contributed by atoms with van der Waals surface area (Å²) in [6.45, 7) is 6.53. The van der Waals surface area contributed by atoms with Crippen molar-refractivity contribution in [2.75, 3.05) is 46.4 Å². The van der Waals surface area contributed by atoms with E-state index in [1.54, 1.807) is 0 Å². The third-order valence-corrected chi connectivity index (χ3v) is 7.28. The molecule has 1 atom stereocenters. The fraction of sp³-hybridized carbons (Fsp3) is 0.500. The summed E-state index contributed by atoms with van der Waals surface area (Å²) in [5.74, 6) is -0.383. The third kappa shape index (κ3) is 6.31. The molecule has 4 rings (SSSR count). The molecule has 6 nitrogen and oxygen atoms in total. The van der Waals surface area contributed by atoms with Crippen molar-refractivity contribution in [1.82, 2.24) is 9.80 Å². The smallest absolute Gasteiger partial charge is 0.154 e. The van der Waals surface area contributed by atoms with Crippen molar-refractivity contribution in [3.63, 3.8) is 0 Å². The van der Waals surface area contributed by atoms with Gasteiger partial charge in [0.05, 0.1) is 17.5 Å². The second-order valence-electron chi connectivity index (χ2n) is 9.90. The maximum atomic E-state index is 12.7. The van der Waals surface area contributed by atoms with Crippen molar-refractivity contribution in [3.05, 3.63) is 59.7 Å². The second kappa shape index (κ2) is 11.2. The number of nitriles is 1. The number of hydrogen-bond acceptors (Lipinski definition) is 6. The Hall–Kier alpha value is -2.56. The zero-order valence-electron chi connectivity index (χ0n) is 20.2. The van der Waals surface area contributed by atoms with Crippen LogP contribution in [-0.4, -0.2) is 67.6 Å². The molecule has 0 aromatic heterocycles. The van der Waals surface area contributed by atoms with Crippen LogP contribution in [0.1, 0.15) is 30.4 Å². The van der Waals surface area contributed by atoms with Gasteiger partial charge in [0.1, 0.15) is 0 Å². The second-order valence-corrected chi connectivity index (χ2v) is 9.90. The van der Waals surface area contributed by atoms with Gasteiger partial charge in [0.25, 0.3) is 0 Å². The number of hydrogen-bond donors (Lipinski definition) is 1. The maximum absolute atomic E-state index is 12.7. The number of ether oxygens (including phenoxy) is 1. The fourth-order valence-corrected chi connectivity index (χ4v) is 4.79. The molecule has 2 aliphatic rings. The zero-order valence-corrected chi connectivity index (χ0v) is 20.2. The van der Waals surface area contributed by atoms with Crippen LogP contribution < -0.4 is 5.73 Å². The Balaban J connectivity index is 1.32. The van der Waals surface area contributed by atoms with Gasteiger partial charge >= 0.3 is 0 Å². The highest BCUT2D eigenvalue weighted by molar-refractivity contribution is 5.88. The van der Waals surface area contributed by atoms with Crippen LogP contribution in [-0.2, 0) is 22.5 Å². The van der Waals surface area contributed by atoms with Crippen LogP contribution in [0.15, 0.2) is 48.5 Å². The molecule has 34 heavy (non-hydrogen) atoms. The summed E-state index contributed by atoms with van der Waals surface area (Å²) in [6, 6.07) is 19.5. The summed E-state index contributed by atoms with van der Waals surface area (Å²) in [5.41, 5.74) is 10.2. The molecule has 0 radical (unpaired) electrons. The number of likely N-dealkylation sites (N-methyl/N-ethyl adjacent to an activating group) is 1. The molecule has 2 heterocycles.